The van der Waals surface area contributed by atoms with Crippen molar-refractivity contribution in [2.45, 2.75) is 19.8 Å². The summed E-state index contributed by atoms with van der Waals surface area (Å²) in [5.74, 6) is 0.281. The molecule has 0 saturated heterocycles. The van der Waals surface area contributed by atoms with E-state index in [9.17, 15) is 4.79 Å². The largest absolute Gasteiger partial charge is 0.273 e. The zero-order valence-electron chi connectivity index (χ0n) is 6.58. The first-order valence-corrected chi connectivity index (χ1v) is 3.79. The van der Waals surface area contributed by atoms with Crippen LogP contribution in [0.4, 0.5) is 0 Å². The Bertz CT molecular complexity index is 192. The summed E-state index contributed by atoms with van der Waals surface area (Å²) in [4.78, 5) is 10.9. The fourth-order valence-electron chi connectivity index (χ4n) is 0.667. The average Bonchev–Trinajstić information content (AvgIpc) is 2.79. The minimum Gasteiger partial charge on any atom is -0.273 e. The SMILES string of the molecule is C/C=C/C=N/NC(=O)C1CC1. The van der Waals surface area contributed by atoms with Crippen molar-refractivity contribution in [3.63, 3.8) is 0 Å². The number of nitrogens with one attached hydrogen (secondary N) is 1. The van der Waals surface area contributed by atoms with Crippen LogP contribution < -0.4 is 5.43 Å². The molecule has 0 aliphatic heterocycles. The van der Waals surface area contributed by atoms with Gasteiger partial charge in [-0.25, -0.2) is 5.43 Å². The second-order valence-electron chi connectivity index (χ2n) is 2.55. The van der Waals surface area contributed by atoms with Crippen LogP contribution in [0.25, 0.3) is 0 Å². The molecule has 0 aromatic rings. The number of rotatable bonds is 3. The van der Waals surface area contributed by atoms with Gasteiger partial charge in [0.25, 0.3) is 0 Å². The lowest BCUT2D eigenvalue weighted by molar-refractivity contribution is -0.122. The van der Waals surface area contributed by atoms with Crippen LogP contribution in [0.15, 0.2) is 17.3 Å². The summed E-state index contributed by atoms with van der Waals surface area (Å²) in [6.07, 6.45) is 7.23. The van der Waals surface area contributed by atoms with E-state index in [1.807, 2.05) is 13.0 Å². The number of amides is 1. The van der Waals surface area contributed by atoms with Gasteiger partial charge in [-0.15, -0.1) is 0 Å². The van der Waals surface area contributed by atoms with Crippen molar-refractivity contribution in [2.24, 2.45) is 11.0 Å². The Labute approximate surface area is 66.2 Å². The normalized spacial score (nSPS) is 17.9. The van der Waals surface area contributed by atoms with Gasteiger partial charge in [0.05, 0.1) is 0 Å². The highest BCUT2D eigenvalue weighted by atomic mass is 16.2. The number of carbonyl (C=O) groups is 1. The molecule has 0 aromatic carbocycles. The molecule has 1 saturated carbocycles. The number of hydrogen-bond donors (Lipinski definition) is 1. The molecule has 1 N–H and O–H groups in total. The summed E-state index contributed by atoms with van der Waals surface area (Å²) in [7, 11) is 0. The van der Waals surface area contributed by atoms with Gasteiger partial charge in [0.2, 0.25) is 5.91 Å². The maximum absolute atomic E-state index is 10.9. The molecule has 0 bridgehead atoms. The molecule has 0 heterocycles. The Hall–Kier alpha value is -1.12. The molecule has 1 aliphatic carbocycles. The average molecular weight is 152 g/mol. The van der Waals surface area contributed by atoms with Crippen molar-refractivity contribution in [3.8, 4) is 0 Å². The van der Waals surface area contributed by atoms with E-state index in [2.05, 4.69) is 10.5 Å². The monoisotopic (exact) mass is 152 g/mol. The molecule has 1 fully saturated rings. The van der Waals surface area contributed by atoms with Gasteiger partial charge in [-0.05, 0) is 25.8 Å². The van der Waals surface area contributed by atoms with E-state index in [4.69, 9.17) is 0 Å². The molecular formula is C8H12N2O. The summed E-state index contributed by atoms with van der Waals surface area (Å²) in [5, 5.41) is 3.71. The summed E-state index contributed by atoms with van der Waals surface area (Å²) in [5.41, 5.74) is 2.46. The van der Waals surface area contributed by atoms with Crippen LogP contribution in [0, 0.1) is 5.92 Å². The van der Waals surface area contributed by atoms with Crippen LogP contribution in [0.1, 0.15) is 19.8 Å². The third-order valence-electron chi connectivity index (χ3n) is 1.48. The van der Waals surface area contributed by atoms with Crippen molar-refractivity contribution in [1.82, 2.24) is 5.43 Å². The van der Waals surface area contributed by atoms with Gasteiger partial charge in [-0.1, -0.05) is 6.08 Å². The Morgan fingerprint density at radius 1 is 1.64 bits per heavy atom. The predicted octanol–water partition coefficient (Wildman–Crippen LogP) is 1.07. The molecule has 0 spiro atoms. The number of allylic oxidation sites excluding steroid dienone is 2. The first-order chi connectivity index (χ1) is 5.34. The molecule has 1 rings (SSSR count). The molecule has 3 heteroatoms. The van der Waals surface area contributed by atoms with E-state index in [0.717, 1.165) is 12.8 Å². The summed E-state index contributed by atoms with van der Waals surface area (Å²) in [6.45, 7) is 1.90. The minimum absolute atomic E-state index is 0.0470. The van der Waals surface area contributed by atoms with Gasteiger partial charge in [0, 0.05) is 12.1 Å². The third-order valence-corrected chi connectivity index (χ3v) is 1.48. The zero-order chi connectivity index (χ0) is 8.10. The maximum Gasteiger partial charge on any atom is 0.243 e. The van der Waals surface area contributed by atoms with Crippen molar-refractivity contribution in [2.75, 3.05) is 0 Å². The molecule has 1 amide bonds. The smallest absolute Gasteiger partial charge is 0.243 e. The van der Waals surface area contributed by atoms with Crippen molar-refractivity contribution in [3.05, 3.63) is 12.2 Å². The van der Waals surface area contributed by atoms with Gasteiger partial charge < -0.3 is 0 Å². The predicted molar refractivity (Wildman–Crippen MR) is 44.2 cm³/mol. The van der Waals surface area contributed by atoms with Crippen LogP contribution in [0.5, 0.6) is 0 Å². The molecule has 3 nitrogen and oxygen atoms in total. The second kappa shape index (κ2) is 3.91. The lowest BCUT2D eigenvalue weighted by atomic mass is 10.4. The molecule has 0 atom stereocenters. The van der Waals surface area contributed by atoms with E-state index >= 15 is 0 Å². The fourth-order valence-corrected chi connectivity index (χ4v) is 0.667. The lowest BCUT2D eigenvalue weighted by Gasteiger charge is -1.92. The molecular weight excluding hydrogens is 140 g/mol. The van der Waals surface area contributed by atoms with Crippen LogP contribution in [-0.4, -0.2) is 12.1 Å². The highest BCUT2D eigenvalue weighted by molar-refractivity contribution is 5.82. The Morgan fingerprint density at radius 2 is 2.36 bits per heavy atom. The lowest BCUT2D eigenvalue weighted by Crippen LogP contribution is -2.18. The van der Waals surface area contributed by atoms with Gasteiger partial charge in [0.15, 0.2) is 0 Å². The number of carbonyl (C=O) groups excluding carboxylic acids is 1. The van der Waals surface area contributed by atoms with Gasteiger partial charge >= 0.3 is 0 Å². The molecule has 0 aromatic heterocycles. The van der Waals surface area contributed by atoms with Crippen LogP contribution in [0.2, 0.25) is 0 Å². The molecule has 1 aliphatic rings. The zero-order valence-corrected chi connectivity index (χ0v) is 6.58. The van der Waals surface area contributed by atoms with E-state index in [0.29, 0.717) is 0 Å². The molecule has 0 unspecified atom stereocenters. The quantitative estimate of drug-likeness (QED) is 0.477. The van der Waals surface area contributed by atoms with E-state index in [-0.39, 0.29) is 11.8 Å². The Kier molecular flexibility index (Phi) is 2.83. The first kappa shape index (κ1) is 7.98. The molecule has 60 valence electrons. The van der Waals surface area contributed by atoms with Crippen molar-refractivity contribution in [1.29, 1.82) is 0 Å². The van der Waals surface area contributed by atoms with Crippen molar-refractivity contribution >= 4 is 12.1 Å². The number of hydrazone groups is 1. The summed E-state index contributed by atoms with van der Waals surface area (Å²) >= 11 is 0. The van der Waals surface area contributed by atoms with Crippen LogP contribution >= 0.6 is 0 Å². The topological polar surface area (TPSA) is 41.5 Å². The summed E-state index contributed by atoms with van der Waals surface area (Å²) in [6, 6.07) is 0. The highest BCUT2D eigenvalue weighted by Gasteiger charge is 2.29. The first-order valence-electron chi connectivity index (χ1n) is 3.79. The van der Waals surface area contributed by atoms with E-state index in [1.165, 1.54) is 0 Å². The summed E-state index contributed by atoms with van der Waals surface area (Å²) < 4.78 is 0. The second-order valence-corrected chi connectivity index (χ2v) is 2.55. The van der Waals surface area contributed by atoms with Crippen molar-refractivity contribution < 1.29 is 4.79 Å². The van der Waals surface area contributed by atoms with Gasteiger partial charge in [0.1, 0.15) is 0 Å². The Morgan fingerprint density at radius 3 is 2.91 bits per heavy atom. The number of nitrogens with zero attached hydrogens (tertiary/aromatic N) is 1. The van der Waals surface area contributed by atoms with Gasteiger partial charge in [-0.2, -0.15) is 5.10 Å². The van der Waals surface area contributed by atoms with E-state index < -0.39 is 0 Å². The Balaban J connectivity index is 2.14. The van der Waals surface area contributed by atoms with Crippen LogP contribution in [-0.2, 0) is 4.79 Å². The van der Waals surface area contributed by atoms with E-state index in [1.54, 1.807) is 12.3 Å². The maximum atomic E-state index is 10.9. The molecule has 11 heavy (non-hydrogen) atoms. The number of hydrogen-bond acceptors (Lipinski definition) is 2. The standard InChI is InChI=1S/C8H12N2O/c1-2-3-6-9-10-8(11)7-4-5-7/h2-3,6-7H,4-5H2,1H3,(H,10,11)/b3-2+,9-6+. The van der Waals surface area contributed by atoms with Crippen LogP contribution in [0.3, 0.4) is 0 Å². The molecule has 0 radical (unpaired) electrons. The minimum atomic E-state index is 0.0470. The van der Waals surface area contributed by atoms with Gasteiger partial charge in [-0.3, -0.25) is 4.79 Å². The third kappa shape index (κ3) is 2.98. The highest BCUT2D eigenvalue weighted by Crippen LogP contribution is 2.28. The fraction of sp³-hybridized carbons (Fsp3) is 0.500.